The van der Waals surface area contributed by atoms with Crippen molar-refractivity contribution in [3.63, 3.8) is 0 Å². The number of nitrogens with one attached hydrogen (secondary N) is 1. The lowest BCUT2D eigenvalue weighted by atomic mass is 10.2. The third-order valence-electron chi connectivity index (χ3n) is 3.46. The van der Waals surface area contributed by atoms with E-state index < -0.39 is 24.1 Å². The molecule has 0 aromatic rings. The second-order valence-corrected chi connectivity index (χ2v) is 5.04. The fraction of sp³-hybridized carbons (Fsp3) is 0.643. The van der Waals surface area contributed by atoms with Gasteiger partial charge in [-0.2, -0.15) is 0 Å². The molecular weight excluding hydrogens is 292 g/mol. The van der Waals surface area contributed by atoms with Crippen molar-refractivity contribution in [3.8, 4) is 0 Å². The Morgan fingerprint density at radius 1 is 1.23 bits per heavy atom. The summed E-state index contributed by atoms with van der Waals surface area (Å²) in [5, 5.41) is 20.0. The average Bonchev–Trinajstić information content (AvgIpc) is 3.15. The second kappa shape index (κ2) is 9.04. The monoisotopic (exact) mass is 314 g/mol. The van der Waals surface area contributed by atoms with Crippen LogP contribution in [0.15, 0.2) is 12.7 Å². The van der Waals surface area contributed by atoms with Crippen LogP contribution in [0.2, 0.25) is 0 Å². The molecule has 0 aromatic carbocycles. The zero-order valence-corrected chi connectivity index (χ0v) is 12.4. The van der Waals surface area contributed by atoms with Crippen LogP contribution < -0.4 is 5.32 Å². The lowest BCUT2D eigenvalue weighted by Crippen LogP contribution is -2.40. The first kappa shape index (κ1) is 18.0. The molecular formula is C14H22N2O6. The molecule has 2 saturated heterocycles. The quantitative estimate of drug-likeness (QED) is 0.653. The van der Waals surface area contributed by atoms with Gasteiger partial charge in [-0.1, -0.05) is 12.7 Å². The van der Waals surface area contributed by atoms with Crippen molar-refractivity contribution in [1.82, 2.24) is 10.2 Å². The fourth-order valence-corrected chi connectivity index (χ4v) is 2.35. The molecule has 2 heterocycles. The first-order valence-electron chi connectivity index (χ1n) is 7.20. The van der Waals surface area contributed by atoms with Gasteiger partial charge in [0.15, 0.2) is 0 Å². The van der Waals surface area contributed by atoms with E-state index in [1.165, 1.54) is 11.0 Å². The Balaban J connectivity index is 0.000000255. The molecule has 2 aliphatic heterocycles. The lowest BCUT2D eigenvalue weighted by molar-refractivity contribution is -0.141. The van der Waals surface area contributed by atoms with E-state index in [-0.39, 0.29) is 12.6 Å². The number of aliphatic carboxylic acids is 2. The Hall–Kier alpha value is -2.09. The average molecular weight is 314 g/mol. The second-order valence-electron chi connectivity index (χ2n) is 5.04. The van der Waals surface area contributed by atoms with E-state index in [1.54, 1.807) is 0 Å². The van der Waals surface area contributed by atoms with Gasteiger partial charge in [-0.25, -0.2) is 9.59 Å². The molecule has 124 valence electrons. The number of carbonyl (C=O) groups excluding carboxylic acids is 1. The smallest absolute Gasteiger partial charge is 0.410 e. The standard InChI is InChI=1S/C9H13NO4.C5H9NO2/c1-2-6-14-9(13)10-5-3-4-7(10)8(11)12;7-5(8)4-2-1-3-6-4/h2,7H,1,3-6H2,(H,11,12);4,6H,1-3H2,(H,7,8)/t7-;4-/m00/s1. The maximum atomic E-state index is 11.3. The number of carbonyl (C=O) groups is 3. The molecule has 2 fully saturated rings. The van der Waals surface area contributed by atoms with Crippen molar-refractivity contribution in [2.24, 2.45) is 0 Å². The van der Waals surface area contributed by atoms with Gasteiger partial charge in [-0.15, -0.1) is 0 Å². The number of amides is 1. The lowest BCUT2D eigenvalue weighted by Gasteiger charge is -2.20. The van der Waals surface area contributed by atoms with Crippen LogP contribution in [0.5, 0.6) is 0 Å². The summed E-state index contributed by atoms with van der Waals surface area (Å²) in [5.41, 5.74) is 0. The molecule has 8 heteroatoms. The highest BCUT2D eigenvalue weighted by Crippen LogP contribution is 2.18. The topological polar surface area (TPSA) is 116 Å². The summed E-state index contributed by atoms with van der Waals surface area (Å²) in [6.07, 6.45) is 3.86. The molecule has 1 amide bonds. The highest BCUT2D eigenvalue weighted by molar-refractivity contribution is 5.80. The Morgan fingerprint density at radius 2 is 1.95 bits per heavy atom. The number of likely N-dealkylation sites (tertiary alicyclic amines) is 1. The Kier molecular flexibility index (Phi) is 7.38. The van der Waals surface area contributed by atoms with Crippen LogP contribution in [0.1, 0.15) is 25.7 Å². The molecule has 3 N–H and O–H groups in total. The minimum Gasteiger partial charge on any atom is -0.480 e. The predicted molar refractivity (Wildman–Crippen MR) is 77.6 cm³/mol. The number of nitrogens with zero attached hydrogens (tertiary/aromatic N) is 1. The fourth-order valence-electron chi connectivity index (χ4n) is 2.35. The normalized spacial score (nSPS) is 23.4. The summed E-state index contributed by atoms with van der Waals surface area (Å²) in [5.74, 6) is -1.69. The van der Waals surface area contributed by atoms with E-state index in [1.807, 2.05) is 0 Å². The van der Waals surface area contributed by atoms with Crippen LogP contribution in [0.25, 0.3) is 0 Å². The van der Waals surface area contributed by atoms with Crippen molar-refractivity contribution in [2.75, 3.05) is 19.7 Å². The van der Waals surface area contributed by atoms with Gasteiger partial charge in [0.1, 0.15) is 18.7 Å². The molecule has 0 unspecified atom stereocenters. The third kappa shape index (κ3) is 5.36. The van der Waals surface area contributed by atoms with Crippen LogP contribution in [0.3, 0.4) is 0 Å². The number of hydrogen-bond donors (Lipinski definition) is 3. The van der Waals surface area contributed by atoms with Crippen LogP contribution >= 0.6 is 0 Å². The van der Waals surface area contributed by atoms with Gasteiger partial charge in [0.2, 0.25) is 0 Å². The first-order chi connectivity index (χ1) is 10.5. The van der Waals surface area contributed by atoms with E-state index in [2.05, 4.69) is 11.9 Å². The Labute approximate surface area is 128 Å². The van der Waals surface area contributed by atoms with Crippen molar-refractivity contribution in [1.29, 1.82) is 0 Å². The minimum atomic E-state index is -0.974. The van der Waals surface area contributed by atoms with Crippen molar-refractivity contribution >= 4 is 18.0 Å². The first-order valence-corrected chi connectivity index (χ1v) is 7.20. The van der Waals surface area contributed by atoms with Gasteiger partial charge >= 0.3 is 18.0 Å². The highest BCUT2D eigenvalue weighted by atomic mass is 16.6. The minimum absolute atomic E-state index is 0.113. The summed E-state index contributed by atoms with van der Waals surface area (Å²) >= 11 is 0. The number of rotatable bonds is 4. The van der Waals surface area contributed by atoms with Gasteiger partial charge in [-0.05, 0) is 32.2 Å². The summed E-state index contributed by atoms with van der Waals surface area (Å²) in [6, 6.07) is -0.998. The van der Waals surface area contributed by atoms with Crippen LogP contribution in [0.4, 0.5) is 4.79 Å². The van der Waals surface area contributed by atoms with Crippen molar-refractivity contribution in [2.45, 2.75) is 37.8 Å². The van der Waals surface area contributed by atoms with Gasteiger partial charge in [0.05, 0.1) is 0 Å². The largest absolute Gasteiger partial charge is 0.480 e. The van der Waals surface area contributed by atoms with Gasteiger partial charge in [-0.3, -0.25) is 9.69 Å². The Bertz CT molecular complexity index is 420. The number of carboxylic acid groups (broad SMARTS) is 2. The van der Waals surface area contributed by atoms with Gasteiger partial charge in [0, 0.05) is 6.54 Å². The van der Waals surface area contributed by atoms with E-state index >= 15 is 0 Å². The maximum absolute atomic E-state index is 11.3. The number of hydrogen-bond acceptors (Lipinski definition) is 5. The molecule has 0 aliphatic carbocycles. The molecule has 2 rings (SSSR count). The van der Waals surface area contributed by atoms with E-state index in [0.29, 0.717) is 19.4 Å². The van der Waals surface area contributed by atoms with Crippen LogP contribution in [0, 0.1) is 0 Å². The summed E-state index contributed by atoms with van der Waals surface area (Å²) in [7, 11) is 0. The maximum Gasteiger partial charge on any atom is 0.410 e. The van der Waals surface area contributed by atoms with Crippen molar-refractivity contribution < 1.29 is 29.3 Å². The van der Waals surface area contributed by atoms with E-state index in [4.69, 9.17) is 14.9 Å². The molecule has 2 atom stereocenters. The summed E-state index contributed by atoms with van der Waals surface area (Å²) < 4.78 is 4.76. The van der Waals surface area contributed by atoms with Gasteiger partial charge in [0.25, 0.3) is 0 Å². The molecule has 2 aliphatic rings. The zero-order chi connectivity index (χ0) is 16.5. The van der Waals surface area contributed by atoms with Crippen LogP contribution in [-0.2, 0) is 14.3 Å². The molecule has 8 nitrogen and oxygen atoms in total. The molecule has 0 saturated carbocycles. The molecule has 22 heavy (non-hydrogen) atoms. The molecule has 0 radical (unpaired) electrons. The van der Waals surface area contributed by atoms with Crippen molar-refractivity contribution in [3.05, 3.63) is 12.7 Å². The summed E-state index contributed by atoms with van der Waals surface area (Å²) in [4.78, 5) is 33.4. The SMILES string of the molecule is C=CCOC(=O)N1CCC[C@H]1C(=O)O.O=C(O)[C@@H]1CCCN1. The predicted octanol–water partition coefficient (Wildman–Crippen LogP) is 0.681. The molecule has 0 spiro atoms. The molecule has 0 bridgehead atoms. The zero-order valence-electron chi connectivity index (χ0n) is 12.4. The number of ether oxygens (including phenoxy) is 1. The van der Waals surface area contributed by atoms with E-state index in [9.17, 15) is 14.4 Å². The summed E-state index contributed by atoms with van der Waals surface area (Å²) in [6.45, 7) is 4.82. The third-order valence-corrected chi connectivity index (χ3v) is 3.46. The number of carboxylic acids is 2. The Morgan fingerprint density at radius 3 is 2.41 bits per heavy atom. The highest BCUT2D eigenvalue weighted by Gasteiger charge is 2.34. The van der Waals surface area contributed by atoms with Crippen LogP contribution in [-0.4, -0.2) is 64.9 Å². The molecule has 0 aromatic heterocycles. The van der Waals surface area contributed by atoms with Gasteiger partial charge < -0.3 is 20.3 Å². The van der Waals surface area contributed by atoms with E-state index in [0.717, 1.165) is 19.4 Å².